The number of piperazine rings is 1. The minimum Gasteiger partial charge on any atom is -0.394 e. The first-order valence-corrected chi connectivity index (χ1v) is 14.5. The Morgan fingerprint density at radius 3 is 2.67 bits per heavy atom. The number of nitriles is 1. The number of fused-ring (bicyclic) bond motifs is 1. The summed E-state index contributed by atoms with van der Waals surface area (Å²) in [5.41, 5.74) is -0.242. The van der Waals surface area contributed by atoms with Crippen LogP contribution in [-0.4, -0.2) is 81.7 Å². The Bertz CT molecular complexity index is 1560. The Kier molecular flexibility index (Phi) is 7.04. The number of sulfonamides is 1. The Morgan fingerprint density at radius 1 is 1.33 bits per heavy atom. The lowest BCUT2D eigenvalue weighted by Gasteiger charge is -2.42. The van der Waals surface area contributed by atoms with Crippen molar-refractivity contribution >= 4 is 38.5 Å². The molecule has 12 nitrogen and oxygen atoms in total. The molecule has 16 heteroatoms. The number of aromatic nitrogens is 4. The second-order valence-corrected chi connectivity index (χ2v) is 12.6. The van der Waals surface area contributed by atoms with Crippen molar-refractivity contribution in [1.82, 2.24) is 29.2 Å². The van der Waals surface area contributed by atoms with Crippen LogP contribution >= 0.6 is 11.3 Å². The van der Waals surface area contributed by atoms with Crippen molar-refractivity contribution in [3.05, 3.63) is 23.5 Å². The summed E-state index contributed by atoms with van der Waals surface area (Å²) >= 11 is 0.648. The fraction of sp³-hybridized carbons (Fsp3) is 0.522. The second kappa shape index (κ2) is 10.0. The third-order valence-electron chi connectivity index (χ3n) is 6.83. The van der Waals surface area contributed by atoms with Gasteiger partial charge in [-0.3, -0.25) is 9.20 Å². The van der Waals surface area contributed by atoms with Gasteiger partial charge in [0.1, 0.15) is 10.4 Å². The van der Waals surface area contributed by atoms with Crippen molar-refractivity contribution in [3.63, 3.8) is 0 Å². The number of imidazole rings is 1. The zero-order valence-corrected chi connectivity index (χ0v) is 22.7. The van der Waals surface area contributed by atoms with E-state index in [2.05, 4.69) is 19.9 Å². The highest BCUT2D eigenvalue weighted by atomic mass is 32.2. The van der Waals surface area contributed by atoms with Gasteiger partial charge in [-0.25, -0.2) is 22.2 Å². The first-order chi connectivity index (χ1) is 18.5. The molecule has 208 valence electrons. The monoisotopic (exact) mass is 580 g/mol. The molecule has 2 aliphatic rings. The van der Waals surface area contributed by atoms with Crippen molar-refractivity contribution < 1.29 is 27.1 Å². The van der Waals surface area contributed by atoms with E-state index < -0.39 is 33.0 Å². The average Bonchev–Trinajstić information content (AvgIpc) is 3.29. The van der Waals surface area contributed by atoms with E-state index >= 15 is 0 Å². The molecule has 4 heterocycles. The Labute approximate surface area is 226 Å². The molecule has 0 bridgehead atoms. The van der Waals surface area contributed by atoms with Gasteiger partial charge in [-0.15, -0.1) is 10.2 Å². The number of aliphatic hydroxyl groups is 1. The molecule has 5 rings (SSSR count). The van der Waals surface area contributed by atoms with Crippen LogP contribution in [0.2, 0.25) is 0 Å². The van der Waals surface area contributed by atoms with Gasteiger partial charge in [-0.05, 0) is 18.9 Å². The summed E-state index contributed by atoms with van der Waals surface area (Å²) < 4.78 is 57.1. The topological polar surface area (TPSA) is 157 Å². The number of amides is 1. The largest absolute Gasteiger partial charge is 0.394 e. The van der Waals surface area contributed by atoms with Gasteiger partial charge >= 0.3 is 0 Å². The van der Waals surface area contributed by atoms with E-state index in [4.69, 9.17) is 0 Å². The van der Waals surface area contributed by atoms with Gasteiger partial charge < -0.3 is 14.9 Å². The lowest BCUT2D eigenvalue weighted by Crippen LogP contribution is -2.57. The first-order valence-electron chi connectivity index (χ1n) is 12.2. The van der Waals surface area contributed by atoms with Crippen molar-refractivity contribution in [2.45, 2.75) is 49.6 Å². The number of pyridine rings is 1. The maximum absolute atomic E-state index is 13.4. The number of carbonyl (C=O) groups excluding carboxylic acids is 1. The highest BCUT2D eigenvalue weighted by molar-refractivity contribution is 7.89. The molecule has 3 aromatic heterocycles. The van der Waals surface area contributed by atoms with Crippen molar-refractivity contribution in [1.29, 1.82) is 5.26 Å². The van der Waals surface area contributed by atoms with Crippen molar-refractivity contribution in [2.75, 3.05) is 31.1 Å². The van der Waals surface area contributed by atoms with E-state index in [9.17, 15) is 32.4 Å². The van der Waals surface area contributed by atoms with Gasteiger partial charge in [0.25, 0.3) is 6.43 Å². The van der Waals surface area contributed by atoms with Crippen LogP contribution < -0.4 is 9.62 Å². The number of aliphatic hydroxyl groups excluding tert-OH is 1. The summed E-state index contributed by atoms with van der Waals surface area (Å²) in [6, 6.07) is 2.93. The van der Waals surface area contributed by atoms with E-state index in [1.807, 2.05) is 11.0 Å². The Hall–Kier alpha value is -3.26. The summed E-state index contributed by atoms with van der Waals surface area (Å²) in [6.07, 6.45) is 0.746. The predicted molar refractivity (Wildman–Crippen MR) is 137 cm³/mol. The molecule has 2 fully saturated rings. The summed E-state index contributed by atoms with van der Waals surface area (Å²) in [5, 5.41) is 26.4. The van der Waals surface area contributed by atoms with E-state index in [1.54, 1.807) is 18.7 Å². The second-order valence-electron chi connectivity index (χ2n) is 9.91. The maximum atomic E-state index is 13.4. The van der Waals surface area contributed by atoms with Crippen LogP contribution in [0.4, 0.5) is 14.5 Å². The standard InChI is InChI=1S/C23H26F2N8O4S2/c1-13(2)22(35)32-6-5-31(9-14(32)11-34)16-7-15(39(36,37)30-23(12-26)3-4-23)10-33-17(16)8-27-19(33)21-29-28-20(38-21)18(24)25/h7-8,10,13-14,18,30,34H,3-6,9,11H2,1-2H3/t14-/m0/s1. The summed E-state index contributed by atoms with van der Waals surface area (Å²) in [4.78, 5) is 20.3. The third kappa shape index (κ3) is 5.07. The summed E-state index contributed by atoms with van der Waals surface area (Å²) in [6.45, 7) is 4.14. The molecule has 2 N–H and O–H groups in total. The van der Waals surface area contributed by atoms with Crippen molar-refractivity contribution in [3.8, 4) is 16.9 Å². The number of hydrogen-bond donors (Lipinski definition) is 2. The van der Waals surface area contributed by atoms with Gasteiger partial charge in [-0.2, -0.15) is 9.98 Å². The van der Waals surface area contributed by atoms with E-state index in [-0.39, 0.29) is 40.7 Å². The van der Waals surface area contributed by atoms with Crippen LogP contribution in [0.25, 0.3) is 16.3 Å². The van der Waals surface area contributed by atoms with Gasteiger partial charge in [0.05, 0.1) is 36.1 Å². The number of hydrogen-bond acceptors (Lipinski definition) is 10. The number of anilines is 1. The zero-order valence-electron chi connectivity index (χ0n) is 21.1. The van der Waals surface area contributed by atoms with Crippen LogP contribution in [-0.2, 0) is 14.8 Å². The molecule has 0 aromatic carbocycles. The fourth-order valence-electron chi connectivity index (χ4n) is 4.56. The Balaban J connectivity index is 1.60. The van der Waals surface area contributed by atoms with Crippen molar-refractivity contribution in [2.24, 2.45) is 5.92 Å². The molecule has 1 saturated carbocycles. The molecule has 1 saturated heterocycles. The minimum absolute atomic E-state index is 0.0787. The molecule has 0 spiro atoms. The van der Waals surface area contributed by atoms with Gasteiger partial charge in [-0.1, -0.05) is 25.2 Å². The number of carbonyl (C=O) groups is 1. The smallest absolute Gasteiger partial charge is 0.291 e. The summed E-state index contributed by atoms with van der Waals surface area (Å²) in [7, 11) is -4.17. The number of nitrogens with zero attached hydrogens (tertiary/aromatic N) is 7. The minimum atomic E-state index is -4.17. The molecule has 3 aromatic rings. The average molecular weight is 581 g/mol. The number of alkyl halides is 2. The number of rotatable bonds is 8. The highest BCUT2D eigenvalue weighted by Crippen LogP contribution is 2.38. The molecular weight excluding hydrogens is 554 g/mol. The number of halogens is 2. The lowest BCUT2D eigenvalue weighted by molar-refractivity contribution is -0.138. The molecule has 1 aliphatic carbocycles. The lowest BCUT2D eigenvalue weighted by atomic mass is 10.1. The normalized spacial score (nSPS) is 19.2. The van der Waals surface area contributed by atoms with Crippen LogP contribution in [0.15, 0.2) is 23.4 Å². The third-order valence-corrected chi connectivity index (χ3v) is 9.26. The Morgan fingerprint density at radius 2 is 2.08 bits per heavy atom. The van der Waals surface area contributed by atoms with E-state index in [0.717, 1.165) is 0 Å². The van der Waals surface area contributed by atoms with E-state index in [0.29, 0.717) is 48.5 Å². The van der Waals surface area contributed by atoms with Crippen LogP contribution in [0.5, 0.6) is 0 Å². The van der Waals surface area contributed by atoms with Crippen LogP contribution in [0.1, 0.15) is 38.1 Å². The molecule has 0 radical (unpaired) electrons. The quantitative estimate of drug-likeness (QED) is 0.405. The van der Waals surface area contributed by atoms with E-state index in [1.165, 1.54) is 22.9 Å². The molecule has 39 heavy (non-hydrogen) atoms. The molecule has 1 atom stereocenters. The molecule has 1 aliphatic heterocycles. The molecule has 1 amide bonds. The van der Waals surface area contributed by atoms with Gasteiger partial charge in [0, 0.05) is 31.7 Å². The van der Waals surface area contributed by atoms with Crippen LogP contribution in [0.3, 0.4) is 0 Å². The zero-order chi connectivity index (χ0) is 28.1. The highest BCUT2D eigenvalue weighted by Gasteiger charge is 2.47. The van der Waals surface area contributed by atoms with Gasteiger partial charge in [0.15, 0.2) is 15.8 Å². The SMILES string of the molecule is CC(C)C(=O)N1CCN(c2cc(S(=O)(=O)NC3(C#N)CC3)cn3c(-c4nnc(C(F)F)s4)ncc23)C[C@H]1CO. The molecule has 0 unspecified atom stereocenters. The first kappa shape index (κ1) is 27.3. The predicted octanol–water partition coefficient (Wildman–Crippen LogP) is 1.79. The fourth-order valence-corrected chi connectivity index (χ4v) is 6.64. The number of nitrogens with one attached hydrogen (secondary N) is 1. The summed E-state index contributed by atoms with van der Waals surface area (Å²) in [5.74, 6) is -0.223. The van der Waals surface area contributed by atoms with Gasteiger partial charge in [0.2, 0.25) is 15.9 Å². The maximum Gasteiger partial charge on any atom is 0.291 e. The van der Waals surface area contributed by atoms with Crippen LogP contribution in [0, 0.1) is 17.2 Å². The molecular formula is C23H26F2N8O4S2.